The molecule has 7 nitrogen and oxygen atoms in total. The van der Waals surface area contributed by atoms with Crippen molar-refractivity contribution in [2.24, 2.45) is 28.1 Å². The highest BCUT2D eigenvalue weighted by molar-refractivity contribution is 5.73. The number of halogens is 5. The van der Waals surface area contributed by atoms with Crippen molar-refractivity contribution in [1.82, 2.24) is 0 Å². The van der Waals surface area contributed by atoms with Gasteiger partial charge in [0.25, 0.3) is 0 Å². The van der Waals surface area contributed by atoms with Gasteiger partial charge in [-0.05, 0) is 79.0 Å². The van der Waals surface area contributed by atoms with Crippen LogP contribution >= 0.6 is 0 Å². The van der Waals surface area contributed by atoms with E-state index in [0.29, 0.717) is 43.6 Å². The van der Waals surface area contributed by atoms with Gasteiger partial charge >= 0.3 is 18.1 Å². The Morgan fingerprint density at radius 2 is 1.62 bits per heavy atom. The summed E-state index contributed by atoms with van der Waals surface area (Å²) in [6.07, 6.45) is -6.13. The maximum atomic E-state index is 15.4. The smallest absolute Gasteiger partial charge is 0.456 e. The summed E-state index contributed by atoms with van der Waals surface area (Å²) in [5.74, 6) is -3.34. The number of aliphatic carboxylic acids is 1. The molecule has 0 aromatic heterocycles. The van der Waals surface area contributed by atoms with Crippen LogP contribution in [-0.2, 0) is 19.0 Å². The maximum absolute atomic E-state index is 15.4. The third kappa shape index (κ3) is 6.40. The van der Waals surface area contributed by atoms with E-state index in [2.05, 4.69) is 11.8 Å². The molecule has 3 saturated carbocycles. The minimum absolute atomic E-state index is 0.00501. The third-order valence-electron chi connectivity index (χ3n) is 12.8. The number of alkyl halides is 5. The van der Waals surface area contributed by atoms with Gasteiger partial charge in [-0.2, -0.15) is 22.0 Å². The van der Waals surface area contributed by atoms with Crippen LogP contribution < -0.4 is 0 Å². The molecule has 0 amide bonds. The van der Waals surface area contributed by atoms with Gasteiger partial charge in [-0.25, -0.2) is 4.79 Å². The first kappa shape index (κ1) is 39.1. The van der Waals surface area contributed by atoms with Gasteiger partial charge in [0.05, 0.1) is 18.8 Å². The van der Waals surface area contributed by atoms with Gasteiger partial charge in [-0.1, -0.05) is 71.1 Å². The largest absolute Gasteiger partial charge is 0.479 e. The van der Waals surface area contributed by atoms with Crippen LogP contribution in [0.5, 0.6) is 0 Å². The van der Waals surface area contributed by atoms with Crippen LogP contribution in [0.3, 0.4) is 0 Å². The highest BCUT2D eigenvalue weighted by Crippen LogP contribution is 2.71. The zero-order valence-corrected chi connectivity index (χ0v) is 30.8. The van der Waals surface area contributed by atoms with E-state index in [4.69, 9.17) is 14.2 Å². The molecule has 1 aromatic rings. The van der Waals surface area contributed by atoms with Crippen LogP contribution in [0.4, 0.5) is 22.0 Å². The number of carboxylic acids is 1. The van der Waals surface area contributed by atoms with Crippen molar-refractivity contribution in [3.8, 4) is 11.8 Å². The molecule has 1 aliphatic heterocycles. The predicted molar refractivity (Wildman–Crippen MR) is 181 cm³/mol. The molecular formula is C40H51F5O7. The van der Waals surface area contributed by atoms with Crippen LogP contribution in [0.25, 0.3) is 0 Å². The summed E-state index contributed by atoms with van der Waals surface area (Å²) in [4.78, 5) is 11.6. The topological polar surface area (TPSA) is 105 Å². The van der Waals surface area contributed by atoms with E-state index in [-0.39, 0.29) is 37.7 Å². The Morgan fingerprint density at radius 1 is 0.981 bits per heavy atom. The Hall–Kier alpha value is -2.56. The number of allylic oxidation sites excluding steroid dienone is 1. The fraction of sp³-hybridized carbons (Fsp3) is 0.725. The second kappa shape index (κ2) is 12.8. The average Bonchev–Trinajstić information content (AvgIpc) is 3.32. The monoisotopic (exact) mass is 738 g/mol. The molecule has 4 aliphatic carbocycles. The predicted octanol–water partition coefficient (Wildman–Crippen LogP) is 7.78. The zero-order chi connectivity index (χ0) is 38.3. The molecule has 1 spiro atoms. The van der Waals surface area contributed by atoms with E-state index in [1.54, 1.807) is 45.0 Å². The van der Waals surface area contributed by atoms with Crippen LogP contribution in [0.2, 0.25) is 0 Å². The number of rotatable bonds is 5. The number of hydrogen-bond donors (Lipinski definition) is 3. The lowest BCUT2D eigenvalue weighted by Crippen LogP contribution is -2.65. The minimum atomic E-state index is -5.94. The Labute approximate surface area is 302 Å². The molecule has 5 aliphatic rings. The number of fused-ring (bicyclic) bond motifs is 4. The van der Waals surface area contributed by atoms with Crippen molar-refractivity contribution < 1.29 is 56.3 Å². The summed E-state index contributed by atoms with van der Waals surface area (Å²) >= 11 is 0. The van der Waals surface area contributed by atoms with Crippen molar-refractivity contribution in [2.45, 2.75) is 134 Å². The Morgan fingerprint density at radius 3 is 2.19 bits per heavy atom. The SMILES string of the molecule is CC1(C)COC2(CCC3=C4[C@@H](CC[C@@]3(O)C2)[C@@H]2CC[C@@](O)(C(F)(F)C(F)(F)F)[C@@]2(C)C[C@@H]4c2ccc(C#CCOC(C(=O)O)C(C)(C)C)cc2)OC1. The van der Waals surface area contributed by atoms with Gasteiger partial charge < -0.3 is 29.5 Å². The van der Waals surface area contributed by atoms with E-state index < -0.39 is 76.2 Å². The molecular weight excluding hydrogens is 687 g/mol. The first-order valence-corrected chi connectivity index (χ1v) is 18.2. The van der Waals surface area contributed by atoms with Crippen molar-refractivity contribution >= 4 is 5.97 Å². The van der Waals surface area contributed by atoms with Crippen molar-refractivity contribution in [3.05, 3.63) is 46.5 Å². The number of carboxylic acid groups (broad SMARTS) is 1. The molecule has 4 fully saturated rings. The summed E-state index contributed by atoms with van der Waals surface area (Å²) < 4.78 is 90.9. The molecule has 52 heavy (non-hydrogen) atoms. The van der Waals surface area contributed by atoms with Gasteiger partial charge in [-0.3, -0.25) is 0 Å². The summed E-state index contributed by atoms with van der Waals surface area (Å²) in [6, 6.07) is 6.97. The van der Waals surface area contributed by atoms with Gasteiger partial charge in [0.15, 0.2) is 11.9 Å². The number of carbonyl (C=O) groups is 1. The first-order chi connectivity index (χ1) is 23.9. The number of ether oxygens (including phenoxy) is 3. The standard InChI is InChI=1S/C40H51F5O7/c1-33(2,3)31(32(46)47)50-19-7-8-24-9-11-25(12-10-24)27-20-35(6)28(15-18-38(35,49)39(41,42)40(43,44)45)26-13-16-36(48)21-37(17-14-29(36)30(26)27)51-22-34(4,5)23-52-37/h9-12,26-28,31,48-49H,13-23H2,1-6H3,(H,46,47)/t26-,27+,28-,31?,35-,36+,38-/m0/s1. The molecule has 1 aromatic carbocycles. The number of aliphatic hydroxyl groups is 2. The molecule has 3 N–H and O–H groups in total. The van der Waals surface area contributed by atoms with Crippen LogP contribution in [0.15, 0.2) is 35.4 Å². The molecule has 0 bridgehead atoms. The fourth-order valence-corrected chi connectivity index (χ4v) is 10.1. The van der Waals surface area contributed by atoms with Crippen molar-refractivity contribution in [1.29, 1.82) is 0 Å². The van der Waals surface area contributed by atoms with Crippen molar-refractivity contribution in [2.75, 3.05) is 19.8 Å². The van der Waals surface area contributed by atoms with E-state index in [0.717, 1.165) is 11.1 Å². The maximum Gasteiger partial charge on any atom is 0.456 e. The first-order valence-electron chi connectivity index (χ1n) is 18.2. The van der Waals surface area contributed by atoms with E-state index in [9.17, 15) is 33.3 Å². The van der Waals surface area contributed by atoms with Crippen LogP contribution in [-0.4, -0.2) is 76.3 Å². The zero-order valence-electron chi connectivity index (χ0n) is 30.8. The molecule has 6 rings (SSSR count). The van der Waals surface area contributed by atoms with Crippen molar-refractivity contribution in [3.63, 3.8) is 0 Å². The Kier molecular flexibility index (Phi) is 9.60. The second-order valence-corrected chi connectivity index (χ2v) is 18.0. The highest BCUT2D eigenvalue weighted by atomic mass is 19.4. The molecule has 1 heterocycles. The molecule has 1 unspecified atom stereocenters. The summed E-state index contributed by atoms with van der Waals surface area (Å²) in [5.41, 5.74) is -4.36. The Bertz CT molecular complexity index is 1640. The molecule has 0 radical (unpaired) electrons. The second-order valence-electron chi connectivity index (χ2n) is 18.0. The average molecular weight is 739 g/mol. The van der Waals surface area contributed by atoms with E-state index >= 15 is 8.78 Å². The van der Waals surface area contributed by atoms with Gasteiger partial charge in [0.1, 0.15) is 12.2 Å². The summed E-state index contributed by atoms with van der Waals surface area (Å²) in [5, 5.41) is 33.5. The van der Waals surface area contributed by atoms with Gasteiger partial charge in [-0.15, -0.1) is 0 Å². The lowest BCUT2D eigenvalue weighted by atomic mass is 9.49. The normalized spacial score (nSPS) is 34.8. The molecule has 12 heteroatoms. The molecule has 1 saturated heterocycles. The van der Waals surface area contributed by atoms with Crippen LogP contribution in [0.1, 0.15) is 110 Å². The molecule has 288 valence electrons. The van der Waals surface area contributed by atoms with E-state index in [1.807, 2.05) is 13.8 Å². The number of hydrogen-bond acceptors (Lipinski definition) is 6. The Balaban J connectivity index is 1.37. The minimum Gasteiger partial charge on any atom is -0.479 e. The lowest BCUT2D eigenvalue weighted by Gasteiger charge is -2.59. The van der Waals surface area contributed by atoms with Gasteiger partial charge in [0, 0.05) is 35.2 Å². The summed E-state index contributed by atoms with van der Waals surface area (Å²) in [6.45, 7) is 11.5. The lowest BCUT2D eigenvalue weighted by molar-refractivity contribution is -0.362. The highest BCUT2D eigenvalue weighted by Gasteiger charge is 2.79. The molecule has 7 atom stereocenters. The fourth-order valence-electron chi connectivity index (χ4n) is 10.1. The van der Waals surface area contributed by atoms with Crippen LogP contribution in [0, 0.1) is 39.9 Å². The number of benzene rings is 1. The summed E-state index contributed by atoms with van der Waals surface area (Å²) in [7, 11) is 0. The quantitative estimate of drug-likeness (QED) is 0.161. The van der Waals surface area contributed by atoms with E-state index in [1.165, 1.54) is 6.92 Å². The van der Waals surface area contributed by atoms with Gasteiger partial charge in [0.2, 0.25) is 0 Å². The third-order valence-corrected chi connectivity index (χ3v) is 12.8.